The molecule has 1 aromatic rings. The molecule has 0 saturated carbocycles. The molecule has 3 nitrogen and oxygen atoms in total. The van der Waals surface area contributed by atoms with Crippen LogP contribution in [0.15, 0.2) is 22.8 Å². The van der Waals surface area contributed by atoms with Crippen molar-refractivity contribution in [3.05, 3.63) is 24.2 Å². The topological polar surface area (TPSA) is 42.2 Å². The monoisotopic (exact) mass is 259 g/mol. The predicted molar refractivity (Wildman–Crippen MR) is 58.1 cm³/mol. The molecule has 1 N–H and O–H groups in total. The first-order valence-corrected chi connectivity index (χ1v) is 5.47. The molecule has 0 saturated heterocycles. The predicted octanol–water partition coefficient (Wildman–Crippen LogP) is 2.32. The number of carbonyl (C=O) groups is 1. The Morgan fingerprint density at radius 1 is 1.64 bits per heavy atom. The van der Waals surface area contributed by atoms with Crippen molar-refractivity contribution in [2.24, 2.45) is 5.92 Å². The van der Waals surface area contributed by atoms with E-state index in [9.17, 15) is 4.79 Å². The van der Waals surface area contributed by atoms with Crippen LogP contribution in [0, 0.1) is 5.92 Å². The molecule has 0 aliphatic carbocycles. The molecule has 14 heavy (non-hydrogen) atoms. The second-order valence-electron chi connectivity index (χ2n) is 3.44. The fraction of sp³-hybridized carbons (Fsp3) is 0.500. The molecule has 0 fully saturated rings. The van der Waals surface area contributed by atoms with Crippen LogP contribution in [0.25, 0.3) is 0 Å². The summed E-state index contributed by atoms with van der Waals surface area (Å²) in [5, 5.41) is 2.79. The lowest BCUT2D eigenvalue weighted by Crippen LogP contribution is -2.33. The second-order valence-corrected chi connectivity index (χ2v) is 4.43. The van der Waals surface area contributed by atoms with Crippen molar-refractivity contribution in [3.63, 3.8) is 0 Å². The standard InChI is InChI=1S/C10H14BrNO2/c1-7(2)9(11)10(13)12-6-8-4-3-5-14-8/h3-5,7,9H,6H2,1-2H3,(H,12,13)/t9-/m1/s1. The maximum atomic E-state index is 11.5. The van der Waals surface area contributed by atoms with Crippen molar-refractivity contribution in [1.82, 2.24) is 5.32 Å². The first kappa shape index (κ1) is 11.3. The Hall–Kier alpha value is -0.770. The maximum absolute atomic E-state index is 11.5. The zero-order valence-electron chi connectivity index (χ0n) is 8.29. The number of hydrogen-bond donors (Lipinski definition) is 1. The SMILES string of the molecule is CC(C)[C@@H](Br)C(=O)NCc1ccco1. The number of halogens is 1. The van der Waals surface area contributed by atoms with Crippen LogP contribution in [0.5, 0.6) is 0 Å². The van der Waals surface area contributed by atoms with Crippen LogP contribution in [0.1, 0.15) is 19.6 Å². The third kappa shape index (κ3) is 3.18. The summed E-state index contributed by atoms with van der Waals surface area (Å²) in [7, 11) is 0. The van der Waals surface area contributed by atoms with Crippen LogP contribution in [0.2, 0.25) is 0 Å². The maximum Gasteiger partial charge on any atom is 0.234 e. The van der Waals surface area contributed by atoms with E-state index in [0.717, 1.165) is 5.76 Å². The second kappa shape index (κ2) is 5.20. The quantitative estimate of drug-likeness (QED) is 0.844. The highest BCUT2D eigenvalue weighted by Gasteiger charge is 2.17. The normalized spacial score (nSPS) is 12.9. The van der Waals surface area contributed by atoms with E-state index < -0.39 is 0 Å². The van der Waals surface area contributed by atoms with E-state index in [1.54, 1.807) is 12.3 Å². The van der Waals surface area contributed by atoms with Gasteiger partial charge in [0, 0.05) is 0 Å². The molecule has 0 aliphatic rings. The molecule has 0 radical (unpaired) electrons. The molecule has 1 heterocycles. The molecule has 78 valence electrons. The molecule has 1 amide bonds. The lowest BCUT2D eigenvalue weighted by Gasteiger charge is -2.12. The molecular formula is C10H14BrNO2. The number of carbonyl (C=O) groups excluding carboxylic acids is 1. The van der Waals surface area contributed by atoms with Gasteiger partial charge in [0.1, 0.15) is 5.76 Å². The smallest absolute Gasteiger partial charge is 0.234 e. The molecule has 0 spiro atoms. The van der Waals surface area contributed by atoms with E-state index in [1.165, 1.54) is 0 Å². The van der Waals surface area contributed by atoms with Gasteiger partial charge >= 0.3 is 0 Å². The van der Waals surface area contributed by atoms with E-state index in [0.29, 0.717) is 6.54 Å². The van der Waals surface area contributed by atoms with Crippen molar-refractivity contribution in [1.29, 1.82) is 0 Å². The highest BCUT2D eigenvalue weighted by Crippen LogP contribution is 2.12. The average Bonchev–Trinajstić information content (AvgIpc) is 2.65. The molecule has 1 aromatic heterocycles. The van der Waals surface area contributed by atoms with Gasteiger partial charge in [-0.2, -0.15) is 0 Å². The Balaban J connectivity index is 2.35. The van der Waals surface area contributed by atoms with Gasteiger partial charge < -0.3 is 9.73 Å². The van der Waals surface area contributed by atoms with E-state index >= 15 is 0 Å². The molecule has 0 unspecified atom stereocenters. The van der Waals surface area contributed by atoms with Gasteiger partial charge in [0.25, 0.3) is 0 Å². The Morgan fingerprint density at radius 2 is 2.36 bits per heavy atom. The Morgan fingerprint density at radius 3 is 2.86 bits per heavy atom. The van der Waals surface area contributed by atoms with E-state index in [2.05, 4.69) is 21.2 Å². The number of furan rings is 1. The van der Waals surface area contributed by atoms with Crippen LogP contribution < -0.4 is 5.32 Å². The van der Waals surface area contributed by atoms with E-state index in [4.69, 9.17) is 4.42 Å². The Bertz CT molecular complexity index is 282. The largest absolute Gasteiger partial charge is 0.467 e. The summed E-state index contributed by atoms with van der Waals surface area (Å²) in [6, 6.07) is 3.63. The van der Waals surface area contributed by atoms with E-state index in [1.807, 2.05) is 19.9 Å². The first-order chi connectivity index (χ1) is 6.61. The number of nitrogens with one attached hydrogen (secondary N) is 1. The number of hydrogen-bond acceptors (Lipinski definition) is 2. The van der Waals surface area contributed by atoms with Gasteiger partial charge in [-0.3, -0.25) is 4.79 Å². The van der Waals surface area contributed by atoms with Crippen molar-refractivity contribution in [3.8, 4) is 0 Å². The van der Waals surface area contributed by atoms with Gasteiger partial charge in [-0.15, -0.1) is 0 Å². The van der Waals surface area contributed by atoms with Crippen LogP contribution in [-0.4, -0.2) is 10.7 Å². The summed E-state index contributed by atoms with van der Waals surface area (Å²) < 4.78 is 5.09. The summed E-state index contributed by atoms with van der Waals surface area (Å²) in [6.07, 6.45) is 1.59. The minimum Gasteiger partial charge on any atom is -0.467 e. The highest BCUT2D eigenvalue weighted by molar-refractivity contribution is 9.10. The third-order valence-corrected chi connectivity index (χ3v) is 3.33. The Labute approximate surface area is 92.0 Å². The van der Waals surface area contributed by atoms with Gasteiger partial charge in [0.2, 0.25) is 5.91 Å². The van der Waals surface area contributed by atoms with Gasteiger partial charge in [0.15, 0.2) is 0 Å². The zero-order valence-corrected chi connectivity index (χ0v) is 9.87. The van der Waals surface area contributed by atoms with Crippen molar-refractivity contribution in [2.75, 3.05) is 0 Å². The molecule has 0 aliphatic heterocycles. The average molecular weight is 260 g/mol. The first-order valence-electron chi connectivity index (χ1n) is 4.55. The molecule has 0 aromatic carbocycles. The highest BCUT2D eigenvalue weighted by atomic mass is 79.9. The van der Waals surface area contributed by atoms with Crippen LogP contribution in [-0.2, 0) is 11.3 Å². The fourth-order valence-electron chi connectivity index (χ4n) is 0.988. The fourth-order valence-corrected chi connectivity index (χ4v) is 1.15. The van der Waals surface area contributed by atoms with Crippen LogP contribution in [0.4, 0.5) is 0 Å². The summed E-state index contributed by atoms with van der Waals surface area (Å²) in [5.41, 5.74) is 0. The van der Waals surface area contributed by atoms with Crippen molar-refractivity contribution < 1.29 is 9.21 Å². The van der Waals surface area contributed by atoms with Gasteiger partial charge in [-0.25, -0.2) is 0 Å². The lowest BCUT2D eigenvalue weighted by atomic mass is 10.1. The van der Waals surface area contributed by atoms with Crippen LogP contribution >= 0.6 is 15.9 Å². The summed E-state index contributed by atoms with van der Waals surface area (Å²) in [4.78, 5) is 11.3. The lowest BCUT2D eigenvalue weighted by molar-refractivity contribution is -0.121. The molecule has 1 atom stereocenters. The Kier molecular flexibility index (Phi) is 4.20. The van der Waals surface area contributed by atoms with Gasteiger partial charge in [-0.05, 0) is 18.1 Å². The summed E-state index contributed by atoms with van der Waals surface area (Å²) >= 11 is 3.33. The van der Waals surface area contributed by atoms with Crippen LogP contribution in [0.3, 0.4) is 0 Å². The number of alkyl halides is 1. The van der Waals surface area contributed by atoms with Gasteiger partial charge in [0.05, 0.1) is 17.6 Å². The molecular weight excluding hydrogens is 246 g/mol. The minimum absolute atomic E-state index is 0.00333. The van der Waals surface area contributed by atoms with Crippen molar-refractivity contribution in [2.45, 2.75) is 25.2 Å². The molecule has 4 heteroatoms. The zero-order chi connectivity index (χ0) is 10.6. The minimum atomic E-state index is -0.141. The summed E-state index contributed by atoms with van der Waals surface area (Å²) in [5.74, 6) is 1.05. The van der Waals surface area contributed by atoms with E-state index in [-0.39, 0.29) is 16.7 Å². The van der Waals surface area contributed by atoms with Crippen molar-refractivity contribution >= 4 is 21.8 Å². The van der Waals surface area contributed by atoms with Gasteiger partial charge in [-0.1, -0.05) is 29.8 Å². The number of amides is 1. The molecule has 1 rings (SSSR count). The third-order valence-electron chi connectivity index (χ3n) is 1.85. The summed E-state index contributed by atoms with van der Waals surface area (Å²) in [6.45, 7) is 4.43. The molecule has 0 bridgehead atoms. The number of rotatable bonds is 4.